The number of hydrogen-bond donors (Lipinski definition) is 1. The van der Waals surface area contributed by atoms with Gasteiger partial charge in [-0.25, -0.2) is 0 Å². The molecule has 16 heavy (non-hydrogen) atoms. The van der Waals surface area contributed by atoms with Crippen LogP contribution >= 0.6 is 22.7 Å². The van der Waals surface area contributed by atoms with Gasteiger partial charge in [0, 0.05) is 22.5 Å². The summed E-state index contributed by atoms with van der Waals surface area (Å²) in [5, 5.41) is 5.62. The van der Waals surface area contributed by atoms with Crippen LogP contribution in [-0.2, 0) is 13.0 Å². The monoisotopic (exact) mass is 252 g/mol. The van der Waals surface area contributed by atoms with Crippen molar-refractivity contribution >= 4 is 22.7 Å². The molecular formula is C12H16N2S2. The molecule has 86 valence electrons. The van der Waals surface area contributed by atoms with E-state index in [0.717, 1.165) is 13.1 Å². The van der Waals surface area contributed by atoms with Gasteiger partial charge in [-0.2, -0.15) is 0 Å². The molecule has 4 heteroatoms. The predicted octanol–water partition coefficient (Wildman–Crippen LogP) is 3.17. The Hall–Kier alpha value is -0.710. The van der Waals surface area contributed by atoms with Crippen LogP contribution in [0, 0.1) is 5.92 Å². The molecule has 1 atom stereocenters. The fourth-order valence-corrected chi connectivity index (χ4v) is 3.05. The smallest absolute Gasteiger partial charge is 0.0794 e. The SMILES string of the molecule is CC(CNCc1cncs1)Cc1cccs1. The summed E-state index contributed by atoms with van der Waals surface area (Å²) in [5.41, 5.74) is 1.88. The van der Waals surface area contributed by atoms with Crippen molar-refractivity contribution in [1.29, 1.82) is 0 Å². The molecule has 2 nitrogen and oxygen atoms in total. The van der Waals surface area contributed by atoms with Crippen molar-refractivity contribution in [1.82, 2.24) is 10.3 Å². The summed E-state index contributed by atoms with van der Waals surface area (Å²) in [6.07, 6.45) is 3.11. The Morgan fingerprint density at radius 1 is 1.38 bits per heavy atom. The van der Waals surface area contributed by atoms with E-state index in [-0.39, 0.29) is 0 Å². The normalized spacial score (nSPS) is 12.8. The summed E-state index contributed by atoms with van der Waals surface area (Å²) >= 11 is 3.56. The van der Waals surface area contributed by atoms with Crippen LogP contribution in [0.1, 0.15) is 16.7 Å². The topological polar surface area (TPSA) is 24.9 Å². The molecule has 0 aliphatic carbocycles. The largest absolute Gasteiger partial charge is 0.312 e. The van der Waals surface area contributed by atoms with Crippen molar-refractivity contribution in [3.63, 3.8) is 0 Å². The number of thiophene rings is 1. The Kier molecular flexibility index (Phi) is 4.51. The Morgan fingerprint density at radius 2 is 2.31 bits per heavy atom. The zero-order chi connectivity index (χ0) is 11.2. The van der Waals surface area contributed by atoms with Gasteiger partial charge in [0.1, 0.15) is 0 Å². The van der Waals surface area contributed by atoms with Crippen LogP contribution in [0.15, 0.2) is 29.2 Å². The molecule has 2 heterocycles. The molecule has 0 fully saturated rings. The van der Waals surface area contributed by atoms with E-state index in [4.69, 9.17) is 0 Å². The lowest BCUT2D eigenvalue weighted by molar-refractivity contribution is 0.515. The molecule has 1 unspecified atom stereocenters. The maximum Gasteiger partial charge on any atom is 0.0794 e. The molecule has 2 rings (SSSR count). The van der Waals surface area contributed by atoms with Crippen LogP contribution in [0.3, 0.4) is 0 Å². The fraction of sp³-hybridized carbons (Fsp3) is 0.417. The number of thiazole rings is 1. The van der Waals surface area contributed by atoms with Gasteiger partial charge in [0.25, 0.3) is 0 Å². The van der Waals surface area contributed by atoms with E-state index in [9.17, 15) is 0 Å². The van der Waals surface area contributed by atoms with Gasteiger partial charge < -0.3 is 5.32 Å². The Morgan fingerprint density at radius 3 is 3.00 bits per heavy atom. The number of aromatic nitrogens is 1. The summed E-state index contributed by atoms with van der Waals surface area (Å²) in [6.45, 7) is 4.30. The summed E-state index contributed by atoms with van der Waals surface area (Å²) < 4.78 is 0. The Bertz CT molecular complexity index is 381. The van der Waals surface area contributed by atoms with Crippen LogP contribution in [0.25, 0.3) is 0 Å². The minimum Gasteiger partial charge on any atom is -0.312 e. The minimum absolute atomic E-state index is 0.687. The van der Waals surface area contributed by atoms with Gasteiger partial charge in [0.2, 0.25) is 0 Å². The van der Waals surface area contributed by atoms with E-state index < -0.39 is 0 Å². The first-order valence-corrected chi connectivity index (χ1v) is 7.21. The molecule has 0 amide bonds. The van der Waals surface area contributed by atoms with Crippen LogP contribution in [-0.4, -0.2) is 11.5 Å². The minimum atomic E-state index is 0.687. The average molecular weight is 252 g/mol. The highest BCUT2D eigenvalue weighted by atomic mass is 32.1. The summed E-state index contributed by atoms with van der Waals surface area (Å²) in [7, 11) is 0. The highest BCUT2D eigenvalue weighted by Gasteiger charge is 2.04. The molecule has 0 saturated carbocycles. The van der Waals surface area contributed by atoms with E-state index in [2.05, 4.69) is 34.7 Å². The molecule has 0 spiro atoms. The molecule has 0 bridgehead atoms. The van der Waals surface area contributed by atoms with Crippen molar-refractivity contribution in [3.8, 4) is 0 Å². The maximum atomic E-state index is 4.06. The van der Waals surface area contributed by atoms with E-state index in [1.54, 1.807) is 11.3 Å². The summed E-state index contributed by atoms with van der Waals surface area (Å²) in [4.78, 5) is 6.85. The quantitative estimate of drug-likeness (QED) is 0.854. The van der Waals surface area contributed by atoms with Gasteiger partial charge in [0.05, 0.1) is 5.51 Å². The molecule has 0 aromatic carbocycles. The third-order valence-corrected chi connectivity index (χ3v) is 4.08. The molecule has 2 aromatic heterocycles. The third kappa shape index (κ3) is 3.70. The van der Waals surface area contributed by atoms with E-state index in [0.29, 0.717) is 5.92 Å². The third-order valence-electron chi connectivity index (χ3n) is 2.41. The molecule has 1 N–H and O–H groups in total. The van der Waals surface area contributed by atoms with Gasteiger partial charge in [-0.15, -0.1) is 22.7 Å². The highest BCUT2D eigenvalue weighted by Crippen LogP contribution is 2.14. The van der Waals surface area contributed by atoms with E-state index >= 15 is 0 Å². The molecule has 0 radical (unpaired) electrons. The Balaban J connectivity index is 1.66. The summed E-state index contributed by atoms with van der Waals surface area (Å²) in [6, 6.07) is 4.34. The first-order chi connectivity index (χ1) is 7.84. The van der Waals surface area contributed by atoms with E-state index in [1.165, 1.54) is 16.2 Å². The molecule has 0 saturated heterocycles. The number of nitrogens with one attached hydrogen (secondary N) is 1. The second-order valence-corrected chi connectivity index (χ2v) is 5.99. The molecule has 2 aromatic rings. The molecular weight excluding hydrogens is 236 g/mol. The number of hydrogen-bond acceptors (Lipinski definition) is 4. The predicted molar refractivity (Wildman–Crippen MR) is 71.0 cm³/mol. The maximum absolute atomic E-state index is 4.06. The number of rotatable bonds is 6. The van der Waals surface area contributed by atoms with Crippen LogP contribution in [0.2, 0.25) is 0 Å². The lowest BCUT2D eigenvalue weighted by atomic mass is 10.1. The van der Waals surface area contributed by atoms with Gasteiger partial charge in [-0.3, -0.25) is 4.98 Å². The van der Waals surface area contributed by atoms with Gasteiger partial charge in [0.15, 0.2) is 0 Å². The lowest BCUT2D eigenvalue weighted by Crippen LogP contribution is -2.21. The van der Waals surface area contributed by atoms with Crippen LogP contribution < -0.4 is 5.32 Å². The van der Waals surface area contributed by atoms with Gasteiger partial charge >= 0.3 is 0 Å². The molecule has 0 aliphatic rings. The second-order valence-electron chi connectivity index (χ2n) is 3.99. The van der Waals surface area contributed by atoms with Crippen molar-refractivity contribution in [2.45, 2.75) is 19.9 Å². The lowest BCUT2D eigenvalue weighted by Gasteiger charge is -2.10. The first-order valence-electron chi connectivity index (χ1n) is 5.45. The second kappa shape index (κ2) is 6.13. The Labute approximate surface area is 104 Å². The van der Waals surface area contributed by atoms with E-state index in [1.807, 2.05) is 23.0 Å². The first kappa shape index (κ1) is 11.8. The summed E-state index contributed by atoms with van der Waals surface area (Å²) in [5.74, 6) is 0.687. The van der Waals surface area contributed by atoms with Crippen molar-refractivity contribution in [3.05, 3.63) is 39.0 Å². The standard InChI is InChI=1S/C12H16N2S2/c1-10(5-11-3-2-4-15-11)6-13-7-12-8-14-9-16-12/h2-4,8-10,13H,5-7H2,1H3. The number of nitrogens with zero attached hydrogens (tertiary/aromatic N) is 1. The van der Waals surface area contributed by atoms with Gasteiger partial charge in [-0.1, -0.05) is 13.0 Å². The van der Waals surface area contributed by atoms with Crippen molar-refractivity contribution in [2.75, 3.05) is 6.54 Å². The molecule has 0 aliphatic heterocycles. The van der Waals surface area contributed by atoms with Crippen LogP contribution in [0.5, 0.6) is 0 Å². The highest BCUT2D eigenvalue weighted by molar-refractivity contribution is 7.10. The average Bonchev–Trinajstić information content (AvgIpc) is 2.90. The zero-order valence-electron chi connectivity index (χ0n) is 9.35. The van der Waals surface area contributed by atoms with Crippen molar-refractivity contribution < 1.29 is 0 Å². The van der Waals surface area contributed by atoms with Crippen LogP contribution in [0.4, 0.5) is 0 Å². The zero-order valence-corrected chi connectivity index (χ0v) is 11.0. The van der Waals surface area contributed by atoms with Crippen molar-refractivity contribution in [2.24, 2.45) is 5.92 Å². The fourth-order valence-electron chi connectivity index (χ4n) is 1.62. The van der Waals surface area contributed by atoms with Gasteiger partial charge in [-0.05, 0) is 30.3 Å².